The highest BCUT2D eigenvalue weighted by Gasteiger charge is 2.15. The van der Waals surface area contributed by atoms with E-state index in [9.17, 15) is 9.59 Å². The summed E-state index contributed by atoms with van der Waals surface area (Å²) in [5.41, 5.74) is 0.544. The normalized spacial score (nSPS) is 9.12. The second-order valence-electron chi connectivity index (χ2n) is 2.90. The van der Waals surface area contributed by atoms with Gasteiger partial charge >= 0.3 is 11.9 Å². The average molecular weight is 253 g/mol. The van der Waals surface area contributed by atoms with E-state index in [-0.39, 0.29) is 0 Å². The number of aromatic nitrogens is 1. The van der Waals surface area contributed by atoms with Crippen LogP contribution >= 0.6 is 11.3 Å². The van der Waals surface area contributed by atoms with Crippen LogP contribution in [0.5, 0.6) is 0 Å². The zero-order valence-corrected chi connectivity index (χ0v) is 10.5. The predicted octanol–water partition coefficient (Wildman–Crippen LogP) is 1.15. The summed E-state index contributed by atoms with van der Waals surface area (Å²) in [7, 11) is 1.24. The number of methoxy groups -OCH3 is 1. The van der Waals surface area contributed by atoms with Gasteiger partial charge in [-0.05, 0) is 19.8 Å². The van der Waals surface area contributed by atoms with Crippen LogP contribution in [0.25, 0.3) is 0 Å². The number of nitrogens with zero attached hydrogens (tertiary/aromatic N) is 1. The van der Waals surface area contributed by atoms with Gasteiger partial charge in [0.25, 0.3) is 0 Å². The molecule has 1 aromatic heterocycles. The van der Waals surface area contributed by atoms with Crippen LogP contribution in [0.4, 0.5) is 0 Å². The Kier molecular flexibility index (Phi) is 4.67. The van der Waals surface area contributed by atoms with Gasteiger partial charge in [0.15, 0.2) is 5.01 Å². The second-order valence-corrected chi connectivity index (χ2v) is 3.89. The first-order chi connectivity index (χ1) is 8.08. The fourth-order valence-corrected chi connectivity index (χ4v) is 1.81. The molecule has 1 heterocycles. The van der Waals surface area contributed by atoms with Crippen LogP contribution in [0.2, 0.25) is 0 Å². The third kappa shape index (κ3) is 3.57. The fourth-order valence-electron chi connectivity index (χ4n) is 0.991. The van der Waals surface area contributed by atoms with Crippen LogP contribution in [-0.4, -0.2) is 30.6 Å². The lowest BCUT2D eigenvalue weighted by Crippen LogP contribution is -2.03. The maximum Gasteiger partial charge on any atom is 0.384 e. The van der Waals surface area contributed by atoms with Crippen molar-refractivity contribution in [3.63, 3.8) is 0 Å². The number of ether oxygens (including phenoxy) is 2. The molecule has 0 saturated heterocycles. The van der Waals surface area contributed by atoms with Crippen molar-refractivity contribution < 1.29 is 19.1 Å². The molecule has 0 saturated carbocycles. The van der Waals surface area contributed by atoms with Gasteiger partial charge in [-0.15, -0.1) is 0 Å². The summed E-state index contributed by atoms with van der Waals surface area (Å²) in [6, 6.07) is 0. The molecule has 0 aliphatic carbocycles. The van der Waals surface area contributed by atoms with Gasteiger partial charge in [-0.3, -0.25) is 0 Å². The molecule has 0 aliphatic heterocycles. The Morgan fingerprint density at radius 1 is 1.47 bits per heavy atom. The molecule has 5 nitrogen and oxygen atoms in total. The Labute approximate surface area is 103 Å². The molecule has 0 amide bonds. The van der Waals surface area contributed by atoms with Crippen molar-refractivity contribution in [2.45, 2.75) is 13.8 Å². The van der Waals surface area contributed by atoms with E-state index in [0.29, 0.717) is 22.2 Å². The zero-order chi connectivity index (χ0) is 12.8. The van der Waals surface area contributed by atoms with Crippen LogP contribution in [0.3, 0.4) is 0 Å². The summed E-state index contributed by atoms with van der Waals surface area (Å²) in [4.78, 5) is 26.7. The monoisotopic (exact) mass is 253 g/mol. The smallest absolute Gasteiger partial charge is 0.384 e. The zero-order valence-electron chi connectivity index (χ0n) is 9.70. The van der Waals surface area contributed by atoms with Crippen molar-refractivity contribution in [2.75, 3.05) is 13.7 Å². The molecular formula is C11H11NO4S. The Balaban J connectivity index is 2.91. The number of carbonyl (C=O) groups is 2. The standard InChI is InChI=1S/C11H11NO4S/c1-4-16-11(14)10-7(2)12-8(17-10)5-6-9(13)15-3/h4H2,1-3H3. The summed E-state index contributed by atoms with van der Waals surface area (Å²) < 4.78 is 9.23. The Bertz CT molecular complexity index is 495. The van der Waals surface area contributed by atoms with E-state index in [1.165, 1.54) is 7.11 Å². The third-order valence-corrected chi connectivity index (χ3v) is 2.77. The van der Waals surface area contributed by atoms with E-state index in [1.807, 2.05) is 0 Å². The number of thiazole rings is 1. The second kappa shape index (κ2) is 6.01. The van der Waals surface area contributed by atoms with Gasteiger partial charge < -0.3 is 9.47 Å². The van der Waals surface area contributed by atoms with Gasteiger partial charge in [0.05, 0.1) is 19.4 Å². The lowest BCUT2D eigenvalue weighted by atomic mass is 10.4. The minimum absolute atomic E-state index is 0.305. The van der Waals surface area contributed by atoms with Crippen molar-refractivity contribution in [1.82, 2.24) is 4.98 Å². The van der Waals surface area contributed by atoms with E-state index in [2.05, 4.69) is 21.6 Å². The van der Waals surface area contributed by atoms with Gasteiger partial charge in [0, 0.05) is 5.92 Å². The molecule has 0 aliphatic rings. The quantitative estimate of drug-likeness (QED) is 0.584. The van der Waals surface area contributed by atoms with Gasteiger partial charge in [0.1, 0.15) is 4.88 Å². The lowest BCUT2D eigenvalue weighted by Gasteiger charge is -1.97. The molecule has 6 heteroatoms. The van der Waals surface area contributed by atoms with E-state index in [1.54, 1.807) is 13.8 Å². The molecule has 0 spiro atoms. The molecule has 0 aromatic carbocycles. The van der Waals surface area contributed by atoms with Gasteiger partial charge in [-0.1, -0.05) is 11.3 Å². The van der Waals surface area contributed by atoms with E-state index in [4.69, 9.17) is 4.74 Å². The SMILES string of the molecule is CCOC(=O)c1sc(C#CC(=O)OC)nc1C. The first-order valence-electron chi connectivity index (χ1n) is 4.83. The molecule has 90 valence electrons. The molecule has 0 fully saturated rings. The highest BCUT2D eigenvalue weighted by atomic mass is 32.1. The number of esters is 2. The third-order valence-electron chi connectivity index (χ3n) is 1.71. The van der Waals surface area contributed by atoms with E-state index in [0.717, 1.165) is 11.3 Å². The number of carbonyl (C=O) groups excluding carboxylic acids is 2. The molecule has 0 atom stereocenters. The molecule has 1 rings (SSSR count). The topological polar surface area (TPSA) is 65.5 Å². The van der Waals surface area contributed by atoms with Crippen molar-refractivity contribution in [1.29, 1.82) is 0 Å². The van der Waals surface area contributed by atoms with Gasteiger partial charge in [0.2, 0.25) is 0 Å². The van der Waals surface area contributed by atoms with Crippen LogP contribution in [0.15, 0.2) is 0 Å². The maximum absolute atomic E-state index is 11.5. The summed E-state index contributed by atoms with van der Waals surface area (Å²) >= 11 is 1.09. The van der Waals surface area contributed by atoms with Gasteiger partial charge in [-0.25, -0.2) is 14.6 Å². The fraction of sp³-hybridized carbons (Fsp3) is 0.364. The molecular weight excluding hydrogens is 242 g/mol. The van der Waals surface area contributed by atoms with Crippen LogP contribution in [0, 0.1) is 18.8 Å². The summed E-state index contributed by atoms with van der Waals surface area (Å²) in [6.07, 6.45) is 0. The predicted molar refractivity (Wildman–Crippen MR) is 61.7 cm³/mol. The maximum atomic E-state index is 11.5. The van der Waals surface area contributed by atoms with E-state index >= 15 is 0 Å². The summed E-state index contributed by atoms with van der Waals surface area (Å²) in [6.45, 7) is 3.72. The van der Waals surface area contributed by atoms with Crippen LogP contribution in [0.1, 0.15) is 27.3 Å². The summed E-state index contributed by atoms with van der Waals surface area (Å²) in [5.74, 6) is 3.71. The largest absolute Gasteiger partial charge is 0.462 e. The summed E-state index contributed by atoms with van der Waals surface area (Å²) in [5, 5.41) is 0.385. The molecule has 0 unspecified atom stereocenters. The molecule has 1 aromatic rings. The number of hydrogen-bond acceptors (Lipinski definition) is 6. The van der Waals surface area contributed by atoms with Crippen molar-refractivity contribution in [3.8, 4) is 11.8 Å². The van der Waals surface area contributed by atoms with E-state index < -0.39 is 11.9 Å². The molecule has 0 radical (unpaired) electrons. The van der Waals surface area contributed by atoms with Crippen molar-refractivity contribution >= 4 is 23.3 Å². The average Bonchev–Trinajstić information content (AvgIpc) is 2.68. The molecule has 0 N–H and O–H groups in total. The minimum atomic E-state index is -0.643. The first kappa shape index (κ1) is 13.2. The molecule has 0 bridgehead atoms. The molecule has 17 heavy (non-hydrogen) atoms. The minimum Gasteiger partial charge on any atom is -0.462 e. The highest BCUT2D eigenvalue weighted by Crippen LogP contribution is 2.18. The Morgan fingerprint density at radius 2 is 2.18 bits per heavy atom. The van der Waals surface area contributed by atoms with Gasteiger partial charge in [-0.2, -0.15) is 0 Å². The first-order valence-corrected chi connectivity index (χ1v) is 5.64. The number of rotatable bonds is 2. The Morgan fingerprint density at radius 3 is 2.76 bits per heavy atom. The van der Waals surface area contributed by atoms with Crippen LogP contribution in [-0.2, 0) is 14.3 Å². The van der Waals surface area contributed by atoms with Crippen molar-refractivity contribution in [3.05, 3.63) is 15.6 Å². The lowest BCUT2D eigenvalue weighted by molar-refractivity contribution is -0.133. The highest BCUT2D eigenvalue weighted by molar-refractivity contribution is 7.14. The number of aryl methyl sites for hydroxylation is 1. The Hall–Kier alpha value is -1.87. The number of hydrogen-bond donors (Lipinski definition) is 0. The van der Waals surface area contributed by atoms with Crippen LogP contribution < -0.4 is 0 Å². The van der Waals surface area contributed by atoms with Crippen molar-refractivity contribution in [2.24, 2.45) is 0 Å².